The maximum absolute atomic E-state index is 4.40. The number of fused-ring (bicyclic) bond motifs is 11. The van der Waals surface area contributed by atoms with Crippen molar-refractivity contribution >= 4 is 22.6 Å². The molecule has 3 aromatic heterocycles. The second kappa shape index (κ2) is 7.82. The minimum atomic E-state index is 0.157. The number of aryl methyl sites for hydroxylation is 2. The minimum absolute atomic E-state index is 0.157. The first-order valence-electron chi connectivity index (χ1n) is 12.0. The average molecular weight is 565 g/mol. The van der Waals surface area contributed by atoms with E-state index in [4.69, 9.17) is 0 Å². The molecule has 0 radical (unpaired) electrons. The van der Waals surface area contributed by atoms with Gasteiger partial charge >= 0.3 is 0 Å². The molecular formula is C31H24IN3+2. The second-order valence-electron chi connectivity index (χ2n) is 9.56. The average Bonchev–Trinajstić information content (AvgIpc) is 2.89. The van der Waals surface area contributed by atoms with Gasteiger partial charge in [0.1, 0.15) is 0 Å². The van der Waals surface area contributed by atoms with Gasteiger partial charge in [0.05, 0.1) is 16.7 Å². The monoisotopic (exact) mass is 565 g/mol. The highest BCUT2D eigenvalue weighted by molar-refractivity contribution is 14.1. The third kappa shape index (κ3) is 3.05. The van der Waals surface area contributed by atoms with Gasteiger partial charge in [0.15, 0.2) is 12.4 Å². The van der Waals surface area contributed by atoms with Crippen LogP contribution in [0, 0.1) is 17.4 Å². The van der Waals surface area contributed by atoms with Crippen LogP contribution in [-0.4, -0.2) is 4.98 Å². The maximum Gasteiger partial charge on any atom is 0.250 e. The number of benzene rings is 2. The summed E-state index contributed by atoms with van der Waals surface area (Å²) in [6.07, 6.45) is 8.42. The quantitative estimate of drug-likeness (QED) is 0.171. The molecule has 3 nitrogen and oxygen atoms in total. The molecular weight excluding hydrogens is 541 g/mol. The predicted octanol–water partition coefficient (Wildman–Crippen LogP) is 6.38. The van der Waals surface area contributed by atoms with Crippen LogP contribution < -0.4 is 9.13 Å². The Hall–Kier alpha value is -3.38. The van der Waals surface area contributed by atoms with Crippen LogP contribution >= 0.6 is 22.6 Å². The van der Waals surface area contributed by atoms with E-state index < -0.39 is 0 Å². The van der Waals surface area contributed by atoms with Crippen molar-refractivity contribution < 1.29 is 9.13 Å². The Morgan fingerprint density at radius 3 is 2.40 bits per heavy atom. The number of pyridine rings is 3. The van der Waals surface area contributed by atoms with Crippen molar-refractivity contribution in [3.8, 4) is 33.6 Å². The van der Waals surface area contributed by atoms with Gasteiger partial charge in [-0.25, -0.2) is 0 Å². The summed E-state index contributed by atoms with van der Waals surface area (Å²) in [6, 6.07) is 27.1. The first-order valence-corrected chi connectivity index (χ1v) is 13.1. The normalized spacial score (nSPS) is 17.0. The van der Waals surface area contributed by atoms with Crippen LogP contribution in [-0.2, 0) is 0 Å². The fraction of sp³-hybridized carbons (Fsp3) is 0.129. The lowest BCUT2D eigenvalue weighted by Gasteiger charge is -2.32. The van der Waals surface area contributed by atoms with Crippen LogP contribution in [0.25, 0.3) is 33.6 Å². The van der Waals surface area contributed by atoms with Crippen LogP contribution in [0.5, 0.6) is 0 Å². The summed E-state index contributed by atoms with van der Waals surface area (Å²) in [4.78, 5) is 4.40. The number of hydrogen-bond acceptors (Lipinski definition) is 1. The van der Waals surface area contributed by atoms with E-state index in [9.17, 15) is 0 Å². The molecule has 2 aliphatic rings. The summed E-state index contributed by atoms with van der Waals surface area (Å²) in [5.74, 6) is 0. The van der Waals surface area contributed by atoms with Gasteiger partial charge in [0.25, 0.3) is 6.04 Å². The molecule has 2 unspecified atom stereocenters. The molecule has 0 spiro atoms. The van der Waals surface area contributed by atoms with E-state index in [0.717, 1.165) is 5.56 Å². The lowest BCUT2D eigenvalue weighted by molar-refractivity contribution is -0.799. The number of rotatable bonds is 1. The van der Waals surface area contributed by atoms with Crippen molar-refractivity contribution in [2.45, 2.75) is 25.9 Å². The number of hydrogen-bond donors (Lipinski definition) is 0. The molecule has 5 aromatic rings. The Bertz CT molecular complexity index is 1640. The molecule has 4 heteroatoms. The highest BCUT2D eigenvalue weighted by Crippen LogP contribution is 2.46. The van der Waals surface area contributed by atoms with Gasteiger partial charge in [-0.05, 0) is 77.9 Å². The van der Waals surface area contributed by atoms with E-state index in [-0.39, 0.29) is 12.1 Å². The van der Waals surface area contributed by atoms with Crippen molar-refractivity contribution in [2.24, 2.45) is 0 Å². The summed E-state index contributed by atoms with van der Waals surface area (Å²) in [7, 11) is 0. The molecule has 35 heavy (non-hydrogen) atoms. The zero-order valence-corrected chi connectivity index (χ0v) is 21.8. The van der Waals surface area contributed by atoms with Crippen molar-refractivity contribution in [3.05, 3.63) is 123 Å². The van der Waals surface area contributed by atoms with Crippen LogP contribution in [0.1, 0.15) is 34.3 Å². The molecule has 0 fully saturated rings. The molecule has 0 saturated heterocycles. The van der Waals surface area contributed by atoms with Crippen molar-refractivity contribution in [1.82, 2.24) is 4.98 Å². The van der Waals surface area contributed by atoms with E-state index in [1.54, 1.807) is 0 Å². The highest BCUT2D eigenvalue weighted by atomic mass is 127. The molecule has 0 amide bonds. The van der Waals surface area contributed by atoms with Crippen molar-refractivity contribution in [1.29, 1.82) is 0 Å². The van der Waals surface area contributed by atoms with Gasteiger partial charge in [-0.3, -0.25) is 4.98 Å². The van der Waals surface area contributed by atoms with Crippen LogP contribution in [0.4, 0.5) is 0 Å². The topological polar surface area (TPSA) is 20.6 Å². The fourth-order valence-corrected chi connectivity index (χ4v) is 6.44. The highest BCUT2D eigenvalue weighted by Gasteiger charge is 2.52. The standard InChI is InChI=1S/C31H24IN3/c1-19-15-29-24-16-27(32)20(2)14-25(24)31-30(35(29)18-26(19)21-8-7-12-33-17-21)23-10-4-3-9-22(23)28-11-5-6-13-34(28)31/h3-18,30-31H,1-2H3/q+2. The smallest absolute Gasteiger partial charge is 0.250 e. The van der Waals surface area contributed by atoms with Crippen molar-refractivity contribution in [3.63, 3.8) is 0 Å². The molecule has 2 aromatic carbocycles. The van der Waals surface area contributed by atoms with E-state index in [1.807, 2.05) is 18.5 Å². The molecule has 0 N–H and O–H groups in total. The summed E-state index contributed by atoms with van der Waals surface area (Å²) in [6.45, 7) is 4.44. The molecule has 0 saturated carbocycles. The summed E-state index contributed by atoms with van der Waals surface area (Å²) < 4.78 is 6.31. The number of halogens is 1. The lowest BCUT2D eigenvalue weighted by atomic mass is 9.79. The molecule has 0 aliphatic carbocycles. The summed E-state index contributed by atoms with van der Waals surface area (Å²) in [5, 5.41) is 0. The third-order valence-corrected chi connectivity index (χ3v) is 8.73. The molecule has 7 rings (SSSR count). The van der Waals surface area contributed by atoms with Crippen LogP contribution in [0.3, 0.4) is 0 Å². The van der Waals surface area contributed by atoms with E-state index in [1.165, 1.54) is 53.9 Å². The second-order valence-corrected chi connectivity index (χ2v) is 10.7. The minimum Gasteiger partial charge on any atom is -0.264 e. The van der Waals surface area contributed by atoms with Crippen molar-refractivity contribution in [2.75, 3.05) is 0 Å². The Balaban J connectivity index is 1.61. The Morgan fingerprint density at radius 2 is 1.54 bits per heavy atom. The first kappa shape index (κ1) is 20.9. The number of aromatic nitrogens is 3. The van der Waals surface area contributed by atoms with E-state index >= 15 is 0 Å². The SMILES string of the molecule is Cc1cc2c(cc1I)-c1cc(C)c(-c3cccnc3)c[n+]1C1c3ccccc3-c3cccc[n+]3C21. The van der Waals surface area contributed by atoms with Gasteiger partial charge in [-0.2, -0.15) is 9.13 Å². The third-order valence-electron chi connectivity index (χ3n) is 7.57. The molecule has 168 valence electrons. The van der Waals surface area contributed by atoms with Gasteiger partial charge in [-0.15, -0.1) is 0 Å². The zero-order valence-electron chi connectivity index (χ0n) is 19.6. The van der Waals surface area contributed by atoms with Gasteiger partial charge < -0.3 is 0 Å². The molecule has 5 heterocycles. The summed E-state index contributed by atoms with van der Waals surface area (Å²) >= 11 is 2.48. The van der Waals surface area contributed by atoms with E-state index in [0.29, 0.717) is 0 Å². The molecule has 2 aliphatic heterocycles. The van der Waals surface area contributed by atoms with E-state index in [2.05, 4.69) is 130 Å². The van der Waals surface area contributed by atoms with Gasteiger partial charge in [0, 0.05) is 50.9 Å². The predicted molar refractivity (Wildman–Crippen MR) is 146 cm³/mol. The van der Waals surface area contributed by atoms with Gasteiger partial charge in [0.2, 0.25) is 17.4 Å². The molecule has 2 atom stereocenters. The maximum atomic E-state index is 4.40. The lowest BCUT2D eigenvalue weighted by Crippen LogP contribution is -2.59. The first-order chi connectivity index (χ1) is 17.1. The largest absolute Gasteiger partial charge is 0.264 e. The Morgan fingerprint density at radius 1 is 0.714 bits per heavy atom. The molecule has 0 bridgehead atoms. The Labute approximate surface area is 218 Å². The summed E-state index contributed by atoms with van der Waals surface area (Å²) in [5.41, 5.74) is 12.9. The van der Waals surface area contributed by atoms with Crippen LogP contribution in [0.2, 0.25) is 0 Å². The van der Waals surface area contributed by atoms with Gasteiger partial charge in [-0.1, -0.05) is 24.3 Å². The zero-order chi connectivity index (χ0) is 23.7. The van der Waals surface area contributed by atoms with Crippen LogP contribution in [0.15, 0.2) is 97.6 Å². The number of nitrogens with zero attached hydrogens (tertiary/aromatic N) is 3. The fourth-order valence-electron chi connectivity index (χ4n) is 5.97. The Kier molecular flexibility index (Phi) is 4.68.